The number of carboxylic acid groups (broad SMARTS) is 1. The molecule has 2 atom stereocenters. The summed E-state index contributed by atoms with van der Waals surface area (Å²) in [5.41, 5.74) is 0.177. The normalized spacial score (nSPS) is 20.8. The standard InChI is InChI=1S/C17H22FNO4/c1-11(2)7-16(20)19-9-13(18)8-14(19)10-23-15-5-3-12(4-6-15)17(21)22/h3-6,11,13-14H,7-10H2,1-2H3,(H,21,22). The van der Waals surface area contributed by atoms with Gasteiger partial charge in [0, 0.05) is 12.8 Å². The Hall–Kier alpha value is -2.11. The molecule has 2 unspecified atom stereocenters. The predicted molar refractivity (Wildman–Crippen MR) is 83.4 cm³/mol. The second-order valence-corrected chi connectivity index (χ2v) is 6.27. The number of hydrogen-bond acceptors (Lipinski definition) is 3. The van der Waals surface area contributed by atoms with E-state index in [1.54, 1.807) is 17.0 Å². The first kappa shape index (κ1) is 17.2. The highest BCUT2D eigenvalue weighted by Gasteiger charge is 2.35. The Morgan fingerprint density at radius 2 is 2.00 bits per heavy atom. The van der Waals surface area contributed by atoms with Crippen molar-refractivity contribution < 1.29 is 23.8 Å². The molecule has 0 saturated carbocycles. The zero-order valence-corrected chi connectivity index (χ0v) is 13.4. The molecule has 2 rings (SSSR count). The zero-order chi connectivity index (χ0) is 17.0. The fraction of sp³-hybridized carbons (Fsp3) is 0.529. The zero-order valence-electron chi connectivity index (χ0n) is 13.4. The number of alkyl halides is 1. The summed E-state index contributed by atoms with van der Waals surface area (Å²) in [6.45, 7) is 4.24. The van der Waals surface area contributed by atoms with Crippen LogP contribution in [-0.4, -0.2) is 47.2 Å². The molecular weight excluding hydrogens is 301 g/mol. The minimum atomic E-state index is -1.02. The van der Waals surface area contributed by atoms with Crippen molar-refractivity contribution >= 4 is 11.9 Å². The van der Waals surface area contributed by atoms with Gasteiger partial charge in [-0.1, -0.05) is 13.8 Å². The summed E-state index contributed by atoms with van der Waals surface area (Å²) in [5, 5.41) is 8.85. The lowest BCUT2D eigenvalue weighted by Gasteiger charge is -2.25. The Morgan fingerprint density at radius 1 is 1.35 bits per heavy atom. The number of carbonyl (C=O) groups excluding carboxylic acids is 1. The smallest absolute Gasteiger partial charge is 0.335 e. The highest BCUT2D eigenvalue weighted by atomic mass is 19.1. The van der Waals surface area contributed by atoms with Gasteiger partial charge in [-0.05, 0) is 30.2 Å². The van der Waals surface area contributed by atoms with Crippen LogP contribution in [0.2, 0.25) is 0 Å². The van der Waals surface area contributed by atoms with Gasteiger partial charge in [0.2, 0.25) is 5.91 Å². The second kappa shape index (κ2) is 7.44. The Kier molecular flexibility index (Phi) is 5.58. The molecule has 0 spiro atoms. The van der Waals surface area contributed by atoms with Crippen LogP contribution in [-0.2, 0) is 4.79 Å². The van der Waals surface area contributed by atoms with Gasteiger partial charge < -0.3 is 14.7 Å². The fourth-order valence-electron chi connectivity index (χ4n) is 2.68. The third-order valence-electron chi connectivity index (χ3n) is 3.81. The molecule has 5 nitrogen and oxygen atoms in total. The van der Waals surface area contributed by atoms with Crippen molar-refractivity contribution in [3.8, 4) is 5.75 Å². The van der Waals surface area contributed by atoms with E-state index >= 15 is 0 Å². The van der Waals surface area contributed by atoms with Gasteiger partial charge in [-0.25, -0.2) is 9.18 Å². The minimum absolute atomic E-state index is 0.0463. The van der Waals surface area contributed by atoms with Crippen molar-refractivity contribution in [1.82, 2.24) is 4.90 Å². The summed E-state index contributed by atoms with van der Waals surface area (Å²) in [7, 11) is 0. The van der Waals surface area contributed by atoms with Crippen LogP contribution in [0.5, 0.6) is 5.75 Å². The lowest BCUT2D eigenvalue weighted by atomic mass is 10.1. The van der Waals surface area contributed by atoms with E-state index < -0.39 is 12.1 Å². The molecule has 1 fully saturated rings. The summed E-state index contributed by atoms with van der Waals surface area (Å²) in [6.07, 6.45) is -0.345. The summed E-state index contributed by atoms with van der Waals surface area (Å²) in [6, 6.07) is 5.74. The van der Waals surface area contributed by atoms with Gasteiger partial charge in [0.05, 0.1) is 18.2 Å². The molecule has 1 aromatic rings. The van der Waals surface area contributed by atoms with E-state index in [1.807, 2.05) is 13.8 Å². The van der Waals surface area contributed by atoms with Gasteiger partial charge in [-0.3, -0.25) is 4.79 Å². The van der Waals surface area contributed by atoms with Crippen molar-refractivity contribution in [2.45, 2.75) is 38.9 Å². The number of benzene rings is 1. The van der Waals surface area contributed by atoms with Crippen molar-refractivity contribution in [2.75, 3.05) is 13.2 Å². The number of ether oxygens (including phenoxy) is 1. The molecule has 1 heterocycles. The number of rotatable bonds is 6. The molecule has 23 heavy (non-hydrogen) atoms. The van der Waals surface area contributed by atoms with Crippen molar-refractivity contribution in [3.05, 3.63) is 29.8 Å². The third kappa shape index (κ3) is 4.68. The molecule has 6 heteroatoms. The molecule has 1 aliphatic heterocycles. The molecule has 0 bridgehead atoms. The number of halogens is 1. The first-order valence-electron chi connectivity index (χ1n) is 7.76. The van der Waals surface area contributed by atoms with Gasteiger partial charge in [0.1, 0.15) is 18.5 Å². The summed E-state index contributed by atoms with van der Waals surface area (Å²) >= 11 is 0. The Bertz CT molecular complexity index is 558. The minimum Gasteiger partial charge on any atom is -0.491 e. The molecule has 0 aromatic heterocycles. The average molecular weight is 323 g/mol. The maximum atomic E-state index is 13.7. The largest absolute Gasteiger partial charge is 0.491 e. The number of aromatic carboxylic acids is 1. The molecule has 0 radical (unpaired) electrons. The maximum absolute atomic E-state index is 13.7. The van der Waals surface area contributed by atoms with Crippen molar-refractivity contribution in [3.63, 3.8) is 0 Å². The topological polar surface area (TPSA) is 66.8 Å². The molecule has 1 aromatic carbocycles. The number of amides is 1. The first-order valence-corrected chi connectivity index (χ1v) is 7.76. The molecule has 126 valence electrons. The Balaban J connectivity index is 1.94. The van der Waals surface area contributed by atoms with Crippen LogP contribution in [0.25, 0.3) is 0 Å². The van der Waals surface area contributed by atoms with Crippen LogP contribution in [0.3, 0.4) is 0 Å². The number of nitrogens with zero attached hydrogens (tertiary/aromatic N) is 1. The molecule has 0 aliphatic carbocycles. The summed E-state index contributed by atoms with van der Waals surface area (Å²) in [5.74, 6) is -0.312. The van der Waals surface area contributed by atoms with Crippen LogP contribution in [0.15, 0.2) is 24.3 Å². The maximum Gasteiger partial charge on any atom is 0.335 e. The van der Waals surface area contributed by atoms with Crippen LogP contribution in [0.4, 0.5) is 4.39 Å². The van der Waals surface area contributed by atoms with Gasteiger partial charge in [-0.2, -0.15) is 0 Å². The number of carbonyl (C=O) groups is 2. The van der Waals surface area contributed by atoms with Crippen molar-refractivity contribution in [1.29, 1.82) is 0 Å². The molecule has 1 N–H and O–H groups in total. The second-order valence-electron chi connectivity index (χ2n) is 6.27. The number of hydrogen-bond donors (Lipinski definition) is 1. The van der Waals surface area contributed by atoms with E-state index in [-0.39, 0.29) is 43.0 Å². The van der Waals surface area contributed by atoms with Crippen LogP contribution in [0, 0.1) is 5.92 Å². The van der Waals surface area contributed by atoms with E-state index in [2.05, 4.69) is 0 Å². The molecule has 1 aliphatic rings. The van der Waals surface area contributed by atoms with Gasteiger partial charge >= 0.3 is 5.97 Å². The van der Waals surface area contributed by atoms with E-state index in [1.165, 1.54) is 12.1 Å². The quantitative estimate of drug-likeness (QED) is 0.874. The predicted octanol–water partition coefficient (Wildman–Crippen LogP) is 2.75. The van der Waals surface area contributed by atoms with Crippen LogP contribution < -0.4 is 4.74 Å². The van der Waals surface area contributed by atoms with Gasteiger partial charge in [0.15, 0.2) is 0 Å². The van der Waals surface area contributed by atoms with Crippen LogP contribution >= 0.6 is 0 Å². The Morgan fingerprint density at radius 3 is 2.57 bits per heavy atom. The molecule has 1 saturated heterocycles. The number of likely N-dealkylation sites (tertiary alicyclic amines) is 1. The Labute approximate surface area is 135 Å². The van der Waals surface area contributed by atoms with E-state index in [0.717, 1.165) is 0 Å². The molecular formula is C17H22FNO4. The summed E-state index contributed by atoms with van der Waals surface area (Å²) in [4.78, 5) is 24.5. The first-order chi connectivity index (χ1) is 10.9. The number of carboxylic acids is 1. The molecule has 1 amide bonds. The average Bonchev–Trinajstić information content (AvgIpc) is 2.86. The van der Waals surface area contributed by atoms with E-state index in [0.29, 0.717) is 12.2 Å². The lowest BCUT2D eigenvalue weighted by molar-refractivity contribution is -0.133. The highest BCUT2D eigenvalue weighted by Crippen LogP contribution is 2.23. The monoisotopic (exact) mass is 323 g/mol. The van der Waals surface area contributed by atoms with Gasteiger partial charge in [-0.15, -0.1) is 0 Å². The highest BCUT2D eigenvalue weighted by molar-refractivity contribution is 5.87. The van der Waals surface area contributed by atoms with Crippen molar-refractivity contribution in [2.24, 2.45) is 5.92 Å². The summed E-state index contributed by atoms with van der Waals surface area (Å²) < 4.78 is 19.3. The SMILES string of the molecule is CC(C)CC(=O)N1CC(F)CC1COc1ccc(C(=O)O)cc1. The van der Waals surface area contributed by atoms with Gasteiger partial charge in [0.25, 0.3) is 0 Å². The third-order valence-corrected chi connectivity index (χ3v) is 3.81. The van der Waals surface area contributed by atoms with E-state index in [9.17, 15) is 14.0 Å². The lowest BCUT2D eigenvalue weighted by Crippen LogP contribution is -2.39. The van der Waals surface area contributed by atoms with E-state index in [4.69, 9.17) is 9.84 Å². The van der Waals surface area contributed by atoms with Crippen LogP contribution in [0.1, 0.15) is 37.0 Å². The fourth-order valence-corrected chi connectivity index (χ4v) is 2.68.